The van der Waals surface area contributed by atoms with Crippen molar-refractivity contribution in [2.45, 2.75) is 19.8 Å². The third kappa shape index (κ3) is 2.81. The Kier molecular flexibility index (Phi) is 3.86. The van der Waals surface area contributed by atoms with Crippen LogP contribution in [0.2, 0.25) is 0 Å². The predicted molar refractivity (Wildman–Crippen MR) is 71.3 cm³/mol. The maximum Gasteiger partial charge on any atom is 0.223 e. The van der Waals surface area contributed by atoms with Gasteiger partial charge in [-0.25, -0.2) is 9.37 Å². The van der Waals surface area contributed by atoms with Crippen LogP contribution in [0.4, 0.5) is 10.3 Å². The standard InChI is InChI=1S/C12H12BrFN4/c1-2-3-10-16-11(18-12(15)17-10)8-5-4-7(14)6-9(8)13/h4-6H,2-3H2,1H3,(H2,15,16,17,18). The fraction of sp³-hybridized carbons (Fsp3) is 0.250. The van der Waals surface area contributed by atoms with Gasteiger partial charge < -0.3 is 5.73 Å². The highest BCUT2D eigenvalue weighted by atomic mass is 79.9. The maximum atomic E-state index is 13.0. The Morgan fingerprint density at radius 2 is 2.06 bits per heavy atom. The van der Waals surface area contributed by atoms with Crippen molar-refractivity contribution in [1.82, 2.24) is 15.0 Å². The van der Waals surface area contributed by atoms with Crippen LogP contribution < -0.4 is 5.73 Å². The van der Waals surface area contributed by atoms with E-state index in [2.05, 4.69) is 30.9 Å². The largest absolute Gasteiger partial charge is 0.368 e. The van der Waals surface area contributed by atoms with E-state index in [1.807, 2.05) is 6.92 Å². The van der Waals surface area contributed by atoms with Crippen LogP contribution in [-0.4, -0.2) is 15.0 Å². The van der Waals surface area contributed by atoms with Crippen molar-refractivity contribution in [2.75, 3.05) is 5.73 Å². The zero-order chi connectivity index (χ0) is 13.1. The molecule has 0 spiro atoms. The summed E-state index contributed by atoms with van der Waals surface area (Å²) >= 11 is 3.29. The summed E-state index contributed by atoms with van der Waals surface area (Å²) in [4.78, 5) is 12.5. The van der Waals surface area contributed by atoms with Gasteiger partial charge in [0, 0.05) is 16.5 Å². The minimum Gasteiger partial charge on any atom is -0.368 e. The Morgan fingerprint density at radius 1 is 1.28 bits per heavy atom. The van der Waals surface area contributed by atoms with E-state index in [1.165, 1.54) is 12.1 Å². The highest BCUT2D eigenvalue weighted by Crippen LogP contribution is 2.26. The molecule has 1 aromatic heterocycles. The first-order chi connectivity index (χ1) is 8.60. The molecule has 4 nitrogen and oxygen atoms in total. The molecule has 2 rings (SSSR count). The quantitative estimate of drug-likeness (QED) is 0.946. The summed E-state index contributed by atoms with van der Waals surface area (Å²) in [6.45, 7) is 2.04. The van der Waals surface area contributed by atoms with Crippen molar-refractivity contribution in [3.8, 4) is 11.4 Å². The Morgan fingerprint density at radius 3 is 2.72 bits per heavy atom. The van der Waals surface area contributed by atoms with Gasteiger partial charge in [-0.2, -0.15) is 9.97 Å². The monoisotopic (exact) mass is 310 g/mol. The summed E-state index contributed by atoms with van der Waals surface area (Å²) in [7, 11) is 0. The van der Waals surface area contributed by atoms with Crippen LogP contribution in [0.1, 0.15) is 19.2 Å². The number of halogens is 2. The summed E-state index contributed by atoms with van der Waals surface area (Å²) in [5.41, 5.74) is 6.35. The minimum absolute atomic E-state index is 0.180. The van der Waals surface area contributed by atoms with Gasteiger partial charge in [-0.05, 0) is 40.5 Å². The molecule has 0 fully saturated rings. The Bertz CT molecular complexity index is 574. The van der Waals surface area contributed by atoms with E-state index in [9.17, 15) is 4.39 Å². The van der Waals surface area contributed by atoms with Crippen LogP contribution in [0.3, 0.4) is 0 Å². The van der Waals surface area contributed by atoms with Crippen LogP contribution in [-0.2, 0) is 6.42 Å². The van der Waals surface area contributed by atoms with Crippen LogP contribution in [0.5, 0.6) is 0 Å². The summed E-state index contributed by atoms with van der Waals surface area (Å²) in [6, 6.07) is 4.35. The number of hydrogen-bond acceptors (Lipinski definition) is 4. The predicted octanol–water partition coefficient (Wildman–Crippen LogP) is 2.97. The van der Waals surface area contributed by atoms with Gasteiger partial charge in [0.25, 0.3) is 0 Å². The van der Waals surface area contributed by atoms with E-state index < -0.39 is 0 Å². The number of nitrogen functional groups attached to an aromatic ring is 1. The third-order valence-corrected chi connectivity index (χ3v) is 3.00. The molecule has 6 heteroatoms. The first-order valence-electron chi connectivity index (χ1n) is 5.56. The molecule has 0 unspecified atom stereocenters. The normalized spacial score (nSPS) is 10.6. The molecule has 18 heavy (non-hydrogen) atoms. The van der Waals surface area contributed by atoms with Crippen molar-refractivity contribution < 1.29 is 4.39 Å². The van der Waals surface area contributed by atoms with Crippen LogP contribution in [0, 0.1) is 5.82 Å². The lowest BCUT2D eigenvalue weighted by Crippen LogP contribution is -2.05. The number of anilines is 1. The Balaban J connectivity index is 2.49. The van der Waals surface area contributed by atoms with E-state index in [1.54, 1.807) is 6.07 Å². The van der Waals surface area contributed by atoms with Crippen LogP contribution >= 0.6 is 15.9 Å². The lowest BCUT2D eigenvalue weighted by atomic mass is 10.2. The molecule has 0 saturated carbocycles. The zero-order valence-corrected chi connectivity index (χ0v) is 11.4. The molecule has 2 N–H and O–H groups in total. The molecular formula is C12H12BrFN4. The number of aromatic nitrogens is 3. The third-order valence-electron chi connectivity index (χ3n) is 2.34. The number of aryl methyl sites for hydroxylation is 1. The van der Waals surface area contributed by atoms with Gasteiger partial charge in [-0.1, -0.05) is 6.92 Å². The summed E-state index contributed by atoms with van der Waals surface area (Å²) < 4.78 is 13.6. The number of nitrogens with two attached hydrogens (primary N) is 1. The molecule has 1 aromatic carbocycles. The van der Waals surface area contributed by atoms with Crippen molar-refractivity contribution >= 4 is 21.9 Å². The first-order valence-corrected chi connectivity index (χ1v) is 6.35. The highest BCUT2D eigenvalue weighted by molar-refractivity contribution is 9.10. The van der Waals surface area contributed by atoms with Gasteiger partial charge in [0.2, 0.25) is 5.95 Å². The second-order valence-electron chi connectivity index (χ2n) is 3.81. The van der Waals surface area contributed by atoms with Crippen LogP contribution in [0.25, 0.3) is 11.4 Å². The average Bonchev–Trinajstić information content (AvgIpc) is 2.28. The topological polar surface area (TPSA) is 64.7 Å². The van der Waals surface area contributed by atoms with Gasteiger partial charge in [0.15, 0.2) is 5.82 Å². The first kappa shape index (κ1) is 12.9. The van der Waals surface area contributed by atoms with Crippen molar-refractivity contribution in [2.24, 2.45) is 0 Å². The van der Waals surface area contributed by atoms with Gasteiger partial charge in [0.1, 0.15) is 11.6 Å². The Hall–Kier alpha value is -1.56. The fourth-order valence-electron chi connectivity index (χ4n) is 1.56. The molecule has 0 aliphatic heterocycles. The lowest BCUT2D eigenvalue weighted by Gasteiger charge is -2.06. The van der Waals surface area contributed by atoms with Gasteiger partial charge in [0.05, 0.1) is 0 Å². The number of hydrogen-bond donors (Lipinski definition) is 1. The molecule has 0 atom stereocenters. The van der Waals surface area contributed by atoms with Gasteiger partial charge in [-0.15, -0.1) is 0 Å². The van der Waals surface area contributed by atoms with Crippen molar-refractivity contribution in [3.05, 3.63) is 34.3 Å². The molecule has 94 valence electrons. The maximum absolute atomic E-state index is 13.0. The van der Waals surface area contributed by atoms with E-state index in [0.717, 1.165) is 12.8 Å². The van der Waals surface area contributed by atoms with E-state index in [0.29, 0.717) is 21.7 Å². The number of nitrogens with zero attached hydrogens (tertiary/aromatic N) is 3. The second kappa shape index (κ2) is 5.39. The molecule has 0 aliphatic carbocycles. The van der Waals surface area contributed by atoms with Crippen molar-refractivity contribution in [3.63, 3.8) is 0 Å². The highest BCUT2D eigenvalue weighted by Gasteiger charge is 2.10. The van der Waals surface area contributed by atoms with E-state index in [-0.39, 0.29) is 11.8 Å². The molecule has 0 saturated heterocycles. The molecule has 0 aliphatic rings. The SMILES string of the molecule is CCCc1nc(N)nc(-c2ccc(F)cc2Br)n1. The second-order valence-corrected chi connectivity index (χ2v) is 4.66. The fourth-order valence-corrected chi connectivity index (χ4v) is 2.09. The smallest absolute Gasteiger partial charge is 0.223 e. The molecule has 0 radical (unpaired) electrons. The number of rotatable bonds is 3. The van der Waals surface area contributed by atoms with Gasteiger partial charge >= 0.3 is 0 Å². The average molecular weight is 311 g/mol. The molecule has 0 bridgehead atoms. The van der Waals surface area contributed by atoms with Crippen LogP contribution in [0.15, 0.2) is 22.7 Å². The molecule has 2 aromatic rings. The lowest BCUT2D eigenvalue weighted by molar-refractivity contribution is 0.627. The molecular weight excluding hydrogens is 299 g/mol. The minimum atomic E-state index is -0.318. The summed E-state index contributed by atoms with van der Waals surface area (Å²) in [5, 5.41) is 0. The number of benzene rings is 1. The van der Waals surface area contributed by atoms with E-state index in [4.69, 9.17) is 5.73 Å². The summed E-state index contributed by atoms with van der Waals surface area (Å²) in [6.07, 6.45) is 1.66. The van der Waals surface area contributed by atoms with Crippen molar-refractivity contribution in [1.29, 1.82) is 0 Å². The van der Waals surface area contributed by atoms with Gasteiger partial charge in [-0.3, -0.25) is 0 Å². The molecule has 0 amide bonds. The Labute approximate surface area is 113 Å². The summed E-state index contributed by atoms with van der Waals surface area (Å²) in [5.74, 6) is 0.968. The zero-order valence-electron chi connectivity index (χ0n) is 9.82. The molecule has 1 heterocycles. The van der Waals surface area contributed by atoms with E-state index >= 15 is 0 Å².